The summed E-state index contributed by atoms with van der Waals surface area (Å²) in [6.07, 6.45) is 2.46. The van der Waals surface area contributed by atoms with Gasteiger partial charge < -0.3 is 5.11 Å². The standard InChI is InChI=1S/C27H24N2O8S2/c1-38(34,35)23-13-20(30)14-24(39(2,36)37)21(23)15-22-25(31)28(16-18-9-5-3-6-10-18)27(33)29(26(22)32)17-19-11-7-4-8-12-19/h3-15,30H,16-17H2,1-2H3. The van der Waals surface area contributed by atoms with Gasteiger partial charge in [-0.25, -0.2) is 21.6 Å². The summed E-state index contributed by atoms with van der Waals surface area (Å²) in [6.45, 7) is -0.385. The van der Waals surface area contributed by atoms with Crippen LogP contribution in [0.15, 0.2) is 88.2 Å². The molecule has 0 atom stereocenters. The molecule has 1 aliphatic heterocycles. The zero-order valence-electron chi connectivity index (χ0n) is 20.9. The van der Waals surface area contributed by atoms with Gasteiger partial charge in [-0.1, -0.05) is 60.7 Å². The lowest BCUT2D eigenvalue weighted by Gasteiger charge is -2.34. The maximum atomic E-state index is 13.6. The molecule has 3 aromatic rings. The third-order valence-corrected chi connectivity index (χ3v) is 8.23. The first-order chi connectivity index (χ1) is 18.3. The monoisotopic (exact) mass is 568 g/mol. The van der Waals surface area contributed by atoms with E-state index in [9.17, 15) is 36.3 Å². The number of aromatic hydroxyl groups is 1. The Morgan fingerprint density at radius 2 is 1.08 bits per heavy atom. The maximum Gasteiger partial charge on any atom is 0.334 e. The Labute approximate surface area is 225 Å². The SMILES string of the molecule is CS(=O)(=O)c1cc(O)cc(S(C)(=O)=O)c1C=C1C(=O)N(Cc2ccccc2)C(=O)N(Cc2ccccc2)C1=O. The number of benzene rings is 3. The van der Waals surface area contributed by atoms with E-state index in [-0.39, 0.29) is 13.1 Å². The van der Waals surface area contributed by atoms with E-state index in [1.165, 1.54) is 0 Å². The van der Waals surface area contributed by atoms with Gasteiger partial charge >= 0.3 is 6.03 Å². The number of amides is 4. The molecule has 1 heterocycles. The molecule has 0 radical (unpaired) electrons. The number of sulfone groups is 2. The second kappa shape index (κ2) is 10.5. The third kappa shape index (κ3) is 5.91. The fraction of sp³-hybridized carbons (Fsp3) is 0.148. The van der Waals surface area contributed by atoms with Crippen molar-refractivity contribution < 1.29 is 36.3 Å². The molecule has 4 rings (SSSR count). The van der Waals surface area contributed by atoms with E-state index < -0.39 is 64.2 Å². The molecule has 0 saturated carbocycles. The quantitative estimate of drug-likeness (QED) is 0.338. The lowest BCUT2D eigenvalue weighted by Crippen LogP contribution is -2.55. The minimum Gasteiger partial charge on any atom is -0.508 e. The van der Waals surface area contributed by atoms with Crippen LogP contribution >= 0.6 is 0 Å². The summed E-state index contributed by atoms with van der Waals surface area (Å²) in [5.74, 6) is -2.68. The van der Waals surface area contributed by atoms with Crippen molar-refractivity contribution in [2.45, 2.75) is 22.9 Å². The number of carbonyl (C=O) groups excluding carboxylic acids is 3. The zero-order valence-corrected chi connectivity index (χ0v) is 22.6. The van der Waals surface area contributed by atoms with Crippen LogP contribution < -0.4 is 0 Å². The molecule has 4 amide bonds. The van der Waals surface area contributed by atoms with Crippen LogP contribution in [0, 0.1) is 0 Å². The zero-order chi connectivity index (χ0) is 28.5. The Balaban J connectivity index is 1.94. The summed E-state index contributed by atoms with van der Waals surface area (Å²) < 4.78 is 50.3. The van der Waals surface area contributed by atoms with Crippen molar-refractivity contribution in [2.75, 3.05) is 12.5 Å². The highest BCUT2D eigenvalue weighted by Crippen LogP contribution is 2.33. The van der Waals surface area contributed by atoms with Crippen molar-refractivity contribution >= 4 is 43.6 Å². The molecule has 0 unspecified atom stereocenters. The van der Waals surface area contributed by atoms with E-state index in [0.29, 0.717) is 11.1 Å². The predicted octanol–water partition coefficient (Wildman–Crippen LogP) is 2.77. The van der Waals surface area contributed by atoms with E-state index in [0.717, 1.165) is 40.5 Å². The van der Waals surface area contributed by atoms with Gasteiger partial charge in [0.25, 0.3) is 11.8 Å². The number of barbiturate groups is 1. The van der Waals surface area contributed by atoms with E-state index in [4.69, 9.17) is 0 Å². The van der Waals surface area contributed by atoms with Crippen molar-refractivity contribution in [3.05, 3.63) is 95.1 Å². The summed E-state index contributed by atoms with van der Waals surface area (Å²) in [6, 6.07) is 17.9. The molecule has 39 heavy (non-hydrogen) atoms. The molecular formula is C27H24N2O8S2. The van der Waals surface area contributed by atoms with Crippen LogP contribution in [0.25, 0.3) is 6.08 Å². The van der Waals surface area contributed by atoms with Crippen LogP contribution in [0.4, 0.5) is 4.79 Å². The molecule has 0 aliphatic carbocycles. The van der Waals surface area contributed by atoms with Gasteiger partial charge in [0, 0.05) is 18.1 Å². The number of rotatable bonds is 7. The maximum absolute atomic E-state index is 13.6. The molecule has 0 spiro atoms. The van der Waals surface area contributed by atoms with Crippen molar-refractivity contribution in [1.29, 1.82) is 0 Å². The summed E-state index contributed by atoms with van der Waals surface area (Å²) in [4.78, 5) is 41.1. The van der Waals surface area contributed by atoms with Crippen LogP contribution in [0.1, 0.15) is 16.7 Å². The van der Waals surface area contributed by atoms with Crippen molar-refractivity contribution in [3.8, 4) is 5.75 Å². The van der Waals surface area contributed by atoms with Crippen molar-refractivity contribution in [2.24, 2.45) is 0 Å². The summed E-state index contributed by atoms with van der Waals surface area (Å²) >= 11 is 0. The molecule has 1 saturated heterocycles. The Kier molecular flexibility index (Phi) is 7.44. The normalized spacial score (nSPS) is 14.6. The number of imide groups is 2. The molecule has 1 aliphatic rings. The molecular weight excluding hydrogens is 544 g/mol. The van der Waals surface area contributed by atoms with Gasteiger partial charge in [-0.2, -0.15) is 0 Å². The lowest BCUT2D eigenvalue weighted by atomic mass is 10.0. The fourth-order valence-corrected chi connectivity index (χ4v) is 5.99. The average molecular weight is 569 g/mol. The summed E-state index contributed by atoms with van der Waals surface area (Å²) in [5.41, 5.74) is 0.0989. The Morgan fingerprint density at radius 1 is 0.692 bits per heavy atom. The van der Waals surface area contributed by atoms with E-state index in [2.05, 4.69) is 0 Å². The minimum absolute atomic E-state index is 0.193. The van der Waals surface area contributed by atoms with Gasteiger partial charge in [0.05, 0.1) is 22.9 Å². The van der Waals surface area contributed by atoms with Gasteiger partial charge in [0.15, 0.2) is 19.7 Å². The summed E-state index contributed by atoms with van der Waals surface area (Å²) in [7, 11) is -8.29. The van der Waals surface area contributed by atoms with Gasteiger partial charge in [0.1, 0.15) is 11.3 Å². The Morgan fingerprint density at radius 3 is 1.44 bits per heavy atom. The van der Waals surface area contributed by atoms with Crippen LogP contribution in [0.3, 0.4) is 0 Å². The smallest absolute Gasteiger partial charge is 0.334 e. The fourth-order valence-electron chi connectivity index (χ4n) is 4.12. The molecule has 3 aromatic carbocycles. The largest absolute Gasteiger partial charge is 0.508 e. The molecule has 12 heteroatoms. The molecule has 0 aromatic heterocycles. The number of carbonyl (C=O) groups is 3. The highest BCUT2D eigenvalue weighted by Gasteiger charge is 2.42. The van der Waals surface area contributed by atoms with Crippen LogP contribution in [0.5, 0.6) is 5.75 Å². The highest BCUT2D eigenvalue weighted by molar-refractivity contribution is 7.91. The van der Waals surface area contributed by atoms with E-state index in [1.807, 2.05) is 0 Å². The van der Waals surface area contributed by atoms with Crippen LogP contribution in [0.2, 0.25) is 0 Å². The molecule has 10 nitrogen and oxygen atoms in total. The predicted molar refractivity (Wildman–Crippen MR) is 142 cm³/mol. The number of hydrogen-bond donors (Lipinski definition) is 1. The lowest BCUT2D eigenvalue weighted by molar-refractivity contribution is -0.136. The number of phenols is 1. The molecule has 202 valence electrons. The van der Waals surface area contributed by atoms with E-state index in [1.54, 1.807) is 60.7 Å². The van der Waals surface area contributed by atoms with Crippen LogP contribution in [-0.4, -0.2) is 62.1 Å². The van der Waals surface area contributed by atoms with Crippen LogP contribution in [-0.2, 0) is 42.4 Å². The molecule has 0 bridgehead atoms. The topological polar surface area (TPSA) is 146 Å². The Hall–Kier alpha value is -4.29. The second-order valence-electron chi connectivity index (χ2n) is 8.99. The van der Waals surface area contributed by atoms with Gasteiger partial charge in [0.2, 0.25) is 0 Å². The number of phenolic OH excluding ortho intramolecular Hbond substituents is 1. The second-order valence-corrected chi connectivity index (χ2v) is 13.0. The number of hydrogen-bond acceptors (Lipinski definition) is 8. The third-order valence-electron chi connectivity index (χ3n) is 5.96. The first kappa shape index (κ1) is 27.7. The minimum atomic E-state index is -4.15. The van der Waals surface area contributed by atoms with Gasteiger partial charge in [-0.15, -0.1) is 0 Å². The Bertz CT molecular complexity index is 1600. The van der Waals surface area contributed by atoms with Gasteiger partial charge in [-0.05, 0) is 29.3 Å². The average Bonchev–Trinajstić information content (AvgIpc) is 2.87. The number of urea groups is 1. The van der Waals surface area contributed by atoms with E-state index >= 15 is 0 Å². The van der Waals surface area contributed by atoms with Crippen molar-refractivity contribution in [3.63, 3.8) is 0 Å². The number of nitrogens with zero attached hydrogens (tertiary/aromatic N) is 2. The highest BCUT2D eigenvalue weighted by atomic mass is 32.2. The summed E-state index contributed by atoms with van der Waals surface area (Å²) in [5, 5.41) is 10.1. The molecule has 1 N–H and O–H groups in total. The van der Waals surface area contributed by atoms with Gasteiger partial charge in [-0.3, -0.25) is 19.4 Å². The van der Waals surface area contributed by atoms with Crippen molar-refractivity contribution in [1.82, 2.24) is 9.80 Å². The molecule has 1 fully saturated rings. The first-order valence-electron chi connectivity index (χ1n) is 11.5. The first-order valence-corrected chi connectivity index (χ1v) is 15.3.